The number of nitrogens with zero attached hydrogens (tertiary/aromatic N) is 1. The summed E-state index contributed by atoms with van der Waals surface area (Å²) in [6.45, 7) is 0. The molecule has 0 amide bonds. The first kappa shape index (κ1) is 17.6. The zero-order valence-corrected chi connectivity index (χ0v) is 17.2. The summed E-state index contributed by atoms with van der Waals surface area (Å²) in [6.07, 6.45) is 6.71. The Labute approximate surface area is 180 Å². The first-order chi connectivity index (χ1) is 14.8. The summed E-state index contributed by atoms with van der Waals surface area (Å²) < 4.78 is 2.45. The van der Waals surface area contributed by atoms with Gasteiger partial charge in [0.25, 0.3) is 0 Å². The lowest BCUT2D eigenvalue weighted by Gasteiger charge is -2.14. The van der Waals surface area contributed by atoms with Gasteiger partial charge < -0.3 is 4.57 Å². The molecule has 1 aromatic heterocycles. The normalized spacial score (nSPS) is 13.1. The molecule has 1 heterocycles. The number of benzene rings is 4. The quantitative estimate of drug-likeness (QED) is 0.280. The first-order valence-corrected chi connectivity index (χ1v) is 10.8. The van der Waals surface area contributed by atoms with Crippen LogP contribution in [0.4, 0.5) is 0 Å². The van der Waals surface area contributed by atoms with E-state index >= 15 is 0 Å². The molecule has 0 spiro atoms. The Kier molecular flexibility index (Phi) is 4.04. The Bertz CT molecular complexity index is 1450. The van der Waals surface area contributed by atoms with Crippen LogP contribution in [0.1, 0.15) is 17.7 Å². The van der Waals surface area contributed by atoms with Gasteiger partial charge >= 0.3 is 0 Å². The minimum absolute atomic E-state index is 0.767. The van der Waals surface area contributed by atoms with E-state index < -0.39 is 0 Å². The second-order valence-electron chi connectivity index (χ2n) is 7.88. The molecule has 0 atom stereocenters. The number of allylic oxidation sites excluding steroid dienone is 1. The van der Waals surface area contributed by atoms with Crippen molar-refractivity contribution in [3.05, 3.63) is 107 Å². The molecule has 1 nitrogen and oxygen atoms in total. The molecule has 4 aromatic carbocycles. The molecule has 6 rings (SSSR count). The topological polar surface area (TPSA) is 4.93 Å². The molecule has 0 fully saturated rings. The van der Waals surface area contributed by atoms with E-state index in [0.29, 0.717) is 0 Å². The van der Waals surface area contributed by atoms with Crippen molar-refractivity contribution in [2.45, 2.75) is 12.8 Å². The fourth-order valence-corrected chi connectivity index (χ4v) is 4.96. The van der Waals surface area contributed by atoms with Gasteiger partial charge in [-0.1, -0.05) is 78.4 Å². The first-order valence-electron chi connectivity index (χ1n) is 10.4. The highest BCUT2D eigenvalue weighted by Crippen LogP contribution is 2.40. The maximum atomic E-state index is 6.33. The van der Waals surface area contributed by atoms with Crippen LogP contribution < -0.4 is 0 Å². The van der Waals surface area contributed by atoms with E-state index in [0.717, 1.165) is 23.4 Å². The smallest absolute Gasteiger partial charge is 0.0543 e. The molecular formula is C28H20ClN. The minimum atomic E-state index is 0.767. The van der Waals surface area contributed by atoms with Crippen LogP contribution in [0.2, 0.25) is 5.02 Å². The number of aromatic nitrogens is 1. The van der Waals surface area contributed by atoms with Crippen LogP contribution >= 0.6 is 11.6 Å². The van der Waals surface area contributed by atoms with Gasteiger partial charge in [0.05, 0.1) is 5.52 Å². The third-order valence-corrected chi connectivity index (χ3v) is 6.33. The molecule has 0 N–H and O–H groups in total. The fourth-order valence-electron chi connectivity index (χ4n) is 4.77. The third kappa shape index (κ3) is 2.70. The lowest BCUT2D eigenvalue weighted by Crippen LogP contribution is -2.02. The standard InChI is InChI=1S/C28H20ClN/c29-22-10-5-9-21(17-22)24-12-6-14-27-28(24)25-11-3-4-13-26(25)30(27)23-16-15-19-7-1-2-8-20(19)18-23/h1-3,5-12,14-18H,4,13H2. The van der Waals surface area contributed by atoms with E-state index in [4.69, 9.17) is 11.6 Å². The zero-order valence-electron chi connectivity index (χ0n) is 16.5. The van der Waals surface area contributed by atoms with Gasteiger partial charge in [-0.15, -0.1) is 0 Å². The summed E-state index contributed by atoms with van der Waals surface area (Å²) in [5.74, 6) is 0. The molecule has 0 radical (unpaired) electrons. The lowest BCUT2D eigenvalue weighted by atomic mass is 9.95. The van der Waals surface area contributed by atoms with Gasteiger partial charge in [-0.25, -0.2) is 0 Å². The van der Waals surface area contributed by atoms with Gasteiger partial charge in [0, 0.05) is 27.4 Å². The van der Waals surface area contributed by atoms with Crippen LogP contribution in [0.5, 0.6) is 0 Å². The van der Waals surface area contributed by atoms with Gasteiger partial charge in [-0.3, -0.25) is 0 Å². The predicted octanol–water partition coefficient (Wildman–Crippen LogP) is 8.06. The van der Waals surface area contributed by atoms with Crippen molar-refractivity contribution in [1.82, 2.24) is 4.57 Å². The van der Waals surface area contributed by atoms with Crippen LogP contribution in [-0.4, -0.2) is 4.57 Å². The largest absolute Gasteiger partial charge is 0.313 e. The fraction of sp³-hybridized carbons (Fsp3) is 0.0714. The van der Waals surface area contributed by atoms with Crippen LogP contribution in [0.15, 0.2) is 91.0 Å². The molecule has 1 aliphatic carbocycles. The van der Waals surface area contributed by atoms with Crippen LogP contribution in [0.25, 0.3) is 44.6 Å². The van der Waals surface area contributed by atoms with Crippen molar-refractivity contribution in [2.24, 2.45) is 0 Å². The number of halogens is 1. The highest BCUT2D eigenvalue weighted by Gasteiger charge is 2.21. The Morgan fingerprint density at radius 1 is 0.767 bits per heavy atom. The van der Waals surface area contributed by atoms with Gasteiger partial charge in [0.15, 0.2) is 0 Å². The molecule has 2 heteroatoms. The maximum absolute atomic E-state index is 6.33. The Balaban J connectivity index is 1.69. The summed E-state index contributed by atoms with van der Waals surface area (Å²) in [7, 11) is 0. The van der Waals surface area contributed by atoms with Gasteiger partial charge in [0.2, 0.25) is 0 Å². The second-order valence-corrected chi connectivity index (χ2v) is 8.31. The number of hydrogen-bond donors (Lipinski definition) is 0. The summed E-state index contributed by atoms with van der Waals surface area (Å²) in [6, 6.07) is 30.1. The Morgan fingerprint density at radius 3 is 2.53 bits per heavy atom. The molecule has 0 saturated heterocycles. The van der Waals surface area contributed by atoms with Crippen LogP contribution in [-0.2, 0) is 6.42 Å². The van der Waals surface area contributed by atoms with Crippen molar-refractivity contribution in [2.75, 3.05) is 0 Å². The van der Waals surface area contributed by atoms with Crippen molar-refractivity contribution in [1.29, 1.82) is 0 Å². The molecule has 5 aromatic rings. The summed E-state index contributed by atoms with van der Waals surface area (Å²) in [4.78, 5) is 0. The Hall–Kier alpha value is -3.29. The number of fused-ring (bicyclic) bond motifs is 4. The summed E-state index contributed by atoms with van der Waals surface area (Å²) in [5, 5.41) is 4.61. The van der Waals surface area contributed by atoms with Gasteiger partial charge in [-0.2, -0.15) is 0 Å². The zero-order chi connectivity index (χ0) is 20.1. The van der Waals surface area contributed by atoms with Crippen LogP contribution in [0.3, 0.4) is 0 Å². The Morgan fingerprint density at radius 2 is 1.63 bits per heavy atom. The van der Waals surface area contributed by atoms with E-state index in [1.807, 2.05) is 12.1 Å². The average Bonchev–Trinajstić information content (AvgIpc) is 3.13. The van der Waals surface area contributed by atoms with Crippen molar-refractivity contribution in [3.8, 4) is 16.8 Å². The highest BCUT2D eigenvalue weighted by atomic mass is 35.5. The molecule has 144 valence electrons. The molecule has 0 saturated carbocycles. The monoisotopic (exact) mass is 405 g/mol. The molecule has 0 unspecified atom stereocenters. The van der Waals surface area contributed by atoms with E-state index in [1.165, 1.54) is 44.2 Å². The summed E-state index contributed by atoms with van der Waals surface area (Å²) in [5.41, 5.74) is 7.58. The molecule has 1 aliphatic rings. The number of rotatable bonds is 2. The molecular weight excluding hydrogens is 386 g/mol. The maximum Gasteiger partial charge on any atom is 0.0543 e. The highest BCUT2D eigenvalue weighted by molar-refractivity contribution is 6.31. The second kappa shape index (κ2) is 6.90. The lowest BCUT2D eigenvalue weighted by molar-refractivity contribution is 0.889. The van der Waals surface area contributed by atoms with E-state index in [1.54, 1.807) is 0 Å². The molecule has 30 heavy (non-hydrogen) atoms. The SMILES string of the molecule is Clc1cccc(-c2cccc3c2c2c(n3-c3ccc4ccccc4c3)CCC=C2)c1. The van der Waals surface area contributed by atoms with Crippen molar-refractivity contribution < 1.29 is 0 Å². The van der Waals surface area contributed by atoms with Gasteiger partial charge in [0.1, 0.15) is 0 Å². The number of hydrogen-bond acceptors (Lipinski definition) is 0. The predicted molar refractivity (Wildman–Crippen MR) is 129 cm³/mol. The van der Waals surface area contributed by atoms with E-state index in [-0.39, 0.29) is 0 Å². The van der Waals surface area contributed by atoms with Crippen molar-refractivity contribution >= 4 is 39.4 Å². The van der Waals surface area contributed by atoms with Crippen molar-refractivity contribution in [3.63, 3.8) is 0 Å². The molecule has 0 aliphatic heterocycles. The summed E-state index contributed by atoms with van der Waals surface area (Å²) >= 11 is 6.33. The molecule has 0 bridgehead atoms. The van der Waals surface area contributed by atoms with E-state index in [9.17, 15) is 0 Å². The van der Waals surface area contributed by atoms with E-state index in [2.05, 4.69) is 89.5 Å². The third-order valence-electron chi connectivity index (χ3n) is 6.09. The van der Waals surface area contributed by atoms with Gasteiger partial charge in [-0.05, 0) is 65.1 Å². The minimum Gasteiger partial charge on any atom is -0.313 e. The average molecular weight is 406 g/mol. The van der Waals surface area contributed by atoms with Crippen LogP contribution in [0, 0.1) is 0 Å².